The molecule has 0 fully saturated rings. The molecule has 0 N–H and O–H groups in total. The van der Waals surface area contributed by atoms with Crippen LogP contribution in [-0.4, -0.2) is 16.7 Å². The summed E-state index contributed by atoms with van der Waals surface area (Å²) in [6.45, 7) is 0. The topological polar surface area (TPSA) is 26.5 Å². The minimum Gasteiger partial charge on any atom is -0.497 e. The van der Waals surface area contributed by atoms with Crippen LogP contribution in [0.5, 0.6) is 5.75 Å². The fourth-order valence-corrected chi connectivity index (χ4v) is 3.75. The molecular weight excluding hydrogens is 368 g/mol. The van der Waals surface area contributed by atoms with Gasteiger partial charge in [-0.05, 0) is 53.9 Å². The number of halogens is 1. The Kier molecular flexibility index (Phi) is 4.03. The lowest BCUT2D eigenvalue weighted by Crippen LogP contribution is -1.95. The highest BCUT2D eigenvalue weighted by Gasteiger charge is 2.13. The first kappa shape index (κ1) is 16.8. The quantitative estimate of drug-likeness (QED) is 0.355. The van der Waals surface area contributed by atoms with Gasteiger partial charge in [-0.1, -0.05) is 48.0 Å². The van der Waals surface area contributed by atoms with Gasteiger partial charge in [0.25, 0.3) is 0 Å². The van der Waals surface area contributed by atoms with Crippen LogP contribution in [0, 0.1) is 0 Å². The van der Waals surface area contributed by atoms with Crippen LogP contribution in [0.25, 0.3) is 38.8 Å². The van der Waals surface area contributed by atoms with Gasteiger partial charge in [0.2, 0.25) is 0 Å². The number of nitrogens with zero attached hydrogens (tertiary/aromatic N) is 2. The van der Waals surface area contributed by atoms with Gasteiger partial charge in [-0.15, -0.1) is 0 Å². The van der Waals surface area contributed by atoms with E-state index < -0.39 is 0 Å². The second kappa shape index (κ2) is 6.70. The van der Waals surface area contributed by atoms with E-state index in [1.165, 1.54) is 0 Å². The average molecular weight is 385 g/mol. The molecule has 3 aromatic carbocycles. The Morgan fingerprint density at radius 2 is 1.61 bits per heavy atom. The van der Waals surface area contributed by atoms with Crippen LogP contribution in [0.15, 0.2) is 84.9 Å². The van der Waals surface area contributed by atoms with Crippen molar-refractivity contribution in [3.63, 3.8) is 0 Å². The monoisotopic (exact) mass is 384 g/mol. The number of ether oxygens (including phenoxy) is 1. The predicted octanol–water partition coefficient (Wildman–Crippen LogP) is 6.48. The van der Waals surface area contributed by atoms with Crippen molar-refractivity contribution in [2.75, 3.05) is 7.11 Å². The summed E-state index contributed by atoms with van der Waals surface area (Å²) in [5.41, 5.74) is 5.16. The van der Waals surface area contributed by atoms with Crippen molar-refractivity contribution in [2.24, 2.45) is 0 Å². The van der Waals surface area contributed by atoms with Gasteiger partial charge in [-0.3, -0.25) is 0 Å². The number of hydrogen-bond donors (Lipinski definition) is 0. The Morgan fingerprint density at radius 1 is 0.821 bits per heavy atom. The second-order valence-corrected chi connectivity index (χ2v) is 7.12. The van der Waals surface area contributed by atoms with Crippen molar-refractivity contribution in [1.29, 1.82) is 0 Å². The zero-order chi connectivity index (χ0) is 19.1. The highest BCUT2D eigenvalue weighted by Crippen LogP contribution is 2.32. The van der Waals surface area contributed by atoms with E-state index >= 15 is 0 Å². The number of fused-ring (bicyclic) bond motifs is 3. The number of pyridine rings is 1. The van der Waals surface area contributed by atoms with E-state index in [1.54, 1.807) is 7.11 Å². The molecular formula is C24H17ClN2O. The molecule has 0 saturated heterocycles. The molecule has 0 saturated carbocycles. The summed E-state index contributed by atoms with van der Waals surface area (Å²) in [5.74, 6) is 0.831. The van der Waals surface area contributed by atoms with Crippen molar-refractivity contribution < 1.29 is 4.74 Å². The maximum Gasteiger partial charge on any atom is 0.118 e. The van der Waals surface area contributed by atoms with Crippen LogP contribution in [0.1, 0.15) is 0 Å². The van der Waals surface area contributed by atoms with Gasteiger partial charge >= 0.3 is 0 Å². The summed E-state index contributed by atoms with van der Waals surface area (Å²) in [5, 5.41) is 7.88. The third kappa shape index (κ3) is 2.81. The van der Waals surface area contributed by atoms with E-state index in [4.69, 9.17) is 21.4 Å². The molecule has 5 rings (SSSR count). The zero-order valence-electron chi connectivity index (χ0n) is 15.3. The first-order valence-corrected chi connectivity index (χ1v) is 9.42. The van der Waals surface area contributed by atoms with Crippen molar-refractivity contribution >= 4 is 27.9 Å². The zero-order valence-corrected chi connectivity index (χ0v) is 16.0. The van der Waals surface area contributed by atoms with Gasteiger partial charge in [-0.25, -0.2) is 4.52 Å². The molecule has 0 spiro atoms. The standard InChI is InChI=1S/C24H17ClN2O/c1-28-20-10-7-16(8-11-20)22-15-24-21-12-9-19(25)13-18(21)14-23(27(24)26-22)17-5-3-2-4-6-17/h2-15H,1H3. The highest BCUT2D eigenvalue weighted by atomic mass is 35.5. The molecule has 5 aromatic rings. The Labute approximate surface area is 167 Å². The molecule has 3 nitrogen and oxygen atoms in total. The molecule has 0 atom stereocenters. The van der Waals surface area contributed by atoms with Gasteiger partial charge in [0, 0.05) is 21.5 Å². The van der Waals surface area contributed by atoms with Crippen molar-refractivity contribution in [3.05, 3.63) is 90.0 Å². The lowest BCUT2D eigenvalue weighted by molar-refractivity contribution is 0.415. The summed E-state index contributed by atoms with van der Waals surface area (Å²) >= 11 is 6.26. The van der Waals surface area contributed by atoms with E-state index in [0.717, 1.165) is 49.6 Å². The van der Waals surface area contributed by atoms with Crippen LogP contribution in [0.2, 0.25) is 5.02 Å². The molecule has 4 heteroatoms. The normalized spacial score (nSPS) is 11.2. The van der Waals surface area contributed by atoms with Gasteiger partial charge in [0.15, 0.2) is 0 Å². The van der Waals surface area contributed by atoms with Gasteiger partial charge in [-0.2, -0.15) is 5.10 Å². The van der Waals surface area contributed by atoms with E-state index in [-0.39, 0.29) is 0 Å². The average Bonchev–Trinajstić information content (AvgIpc) is 3.19. The van der Waals surface area contributed by atoms with E-state index in [2.05, 4.69) is 30.3 Å². The first-order valence-electron chi connectivity index (χ1n) is 9.05. The molecule has 136 valence electrons. The number of methoxy groups -OCH3 is 1. The fourth-order valence-electron chi connectivity index (χ4n) is 3.57. The molecule has 0 aliphatic heterocycles. The maximum atomic E-state index is 6.26. The smallest absolute Gasteiger partial charge is 0.118 e. The summed E-state index contributed by atoms with van der Waals surface area (Å²) in [4.78, 5) is 0. The summed E-state index contributed by atoms with van der Waals surface area (Å²) in [7, 11) is 1.67. The third-order valence-corrected chi connectivity index (χ3v) is 5.21. The highest BCUT2D eigenvalue weighted by molar-refractivity contribution is 6.31. The van der Waals surface area contributed by atoms with E-state index in [1.807, 2.05) is 59.1 Å². The number of hydrogen-bond acceptors (Lipinski definition) is 2. The Bertz CT molecular complexity index is 1290. The Balaban J connectivity index is 1.81. The largest absolute Gasteiger partial charge is 0.497 e. The lowest BCUT2D eigenvalue weighted by Gasteiger charge is -2.09. The van der Waals surface area contributed by atoms with Crippen molar-refractivity contribution in [2.45, 2.75) is 0 Å². The SMILES string of the molecule is COc1ccc(-c2cc3c4ccc(Cl)cc4cc(-c4ccccc4)n3n2)cc1. The molecule has 0 radical (unpaired) electrons. The van der Waals surface area contributed by atoms with Crippen molar-refractivity contribution in [3.8, 4) is 28.3 Å². The maximum absolute atomic E-state index is 6.26. The second-order valence-electron chi connectivity index (χ2n) is 6.68. The molecule has 0 amide bonds. The summed E-state index contributed by atoms with van der Waals surface area (Å²) in [6, 6.07) is 28.5. The van der Waals surface area contributed by atoms with Gasteiger partial charge in [0.1, 0.15) is 5.75 Å². The molecule has 0 aliphatic rings. The van der Waals surface area contributed by atoms with Crippen LogP contribution in [0.4, 0.5) is 0 Å². The minimum atomic E-state index is 0.728. The van der Waals surface area contributed by atoms with Crippen LogP contribution in [-0.2, 0) is 0 Å². The molecule has 0 unspecified atom stereocenters. The fraction of sp³-hybridized carbons (Fsp3) is 0.0417. The lowest BCUT2D eigenvalue weighted by atomic mass is 10.1. The predicted molar refractivity (Wildman–Crippen MR) is 115 cm³/mol. The van der Waals surface area contributed by atoms with Crippen molar-refractivity contribution in [1.82, 2.24) is 9.61 Å². The van der Waals surface area contributed by atoms with Crippen LogP contribution >= 0.6 is 11.6 Å². The van der Waals surface area contributed by atoms with Gasteiger partial charge in [0.05, 0.1) is 24.0 Å². The van der Waals surface area contributed by atoms with Gasteiger partial charge < -0.3 is 4.74 Å². The number of aromatic nitrogens is 2. The Morgan fingerprint density at radius 3 is 2.36 bits per heavy atom. The number of rotatable bonds is 3. The Hall–Kier alpha value is -3.30. The summed E-state index contributed by atoms with van der Waals surface area (Å²) in [6.07, 6.45) is 0. The molecule has 0 bridgehead atoms. The molecule has 2 aromatic heterocycles. The van der Waals surface area contributed by atoms with E-state index in [9.17, 15) is 0 Å². The van der Waals surface area contributed by atoms with Crippen LogP contribution in [0.3, 0.4) is 0 Å². The first-order chi connectivity index (χ1) is 13.7. The van der Waals surface area contributed by atoms with Crippen LogP contribution < -0.4 is 4.74 Å². The third-order valence-electron chi connectivity index (χ3n) is 4.97. The summed E-state index contributed by atoms with van der Waals surface area (Å²) < 4.78 is 7.29. The molecule has 2 heterocycles. The minimum absolute atomic E-state index is 0.728. The molecule has 0 aliphatic carbocycles. The van der Waals surface area contributed by atoms with E-state index in [0.29, 0.717) is 0 Å². The number of benzene rings is 3. The molecule has 28 heavy (non-hydrogen) atoms.